The van der Waals surface area contributed by atoms with Crippen molar-refractivity contribution in [1.29, 1.82) is 0 Å². The second-order valence-corrected chi connectivity index (χ2v) is 4.60. The Bertz CT molecular complexity index is 548. The molecular weight excluding hydrogens is 340 g/mol. The molecule has 2 N–H and O–H groups in total. The smallest absolute Gasteiger partial charge is 0.126 e. The van der Waals surface area contributed by atoms with E-state index in [-0.39, 0.29) is 24.9 Å². The van der Waals surface area contributed by atoms with Gasteiger partial charge in [0.15, 0.2) is 0 Å². The lowest BCUT2D eigenvalue weighted by molar-refractivity contribution is 0.576. The normalized spacial score (nSPS) is 11.8. The Kier molecular flexibility index (Phi) is 5.78. The first-order chi connectivity index (χ1) is 8.61. The lowest BCUT2D eigenvalue weighted by Gasteiger charge is -2.16. The highest BCUT2D eigenvalue weighted by Gasteiger charge is 2.18. The topological polar surface area (TPSA) is 51.8 Å². The second kappa shape index (κ2) is 6.88. The molecule has 0 bridgehead atoms. The Morgan fingerprint density at radius 1 is 1.21 bits per heavy atom. The van der Waals surface area contributed by atoms with E-state index in [0.717, 1.165) is 6.07 Å². The Labute approximate surface area is 123 Å². The van der Waals surface area contributed by atoms with Crippen LogP contribution in [0.3, 0.4) is 0 Å². The Hall–Kier alpha value is -1.11. The molecule has 2 aromatic rings. The molecule has 7 heteroatoms. The average Bonchev–Trinajstić information content (AvgIpc) is 2.31. The third-order valence-corrected chi connectivity index (χ3v) is 3.16. The fourth-order valence-corrected chi connectivity index (χ4v) is 2.26. The summed E-state index contributed by atoms with van der Waals surface area (Å²) in [5.74, 6) is -1.64. The van der Waals surface area contributed by atoms with Gasteiger partial charge in [-0.05, 0) is 33.6 Å². The van der Waals surface area contributed by atoms with E-state index in [1.54, 1.807) is 6.20 Å². The van der Waals surface area contributed by atoms with Gasteiger partial charge in [-0.1, -0.05) is 0 Å². The van der Waals surface area contributed by atoms with Crippen LogP contribution in [0.5, 0.6) is 0 Å². The predicted molar refractivity (Wildman–Crippen MR) is 74.2 cm³/mol. The first kappa shape index (κ1) is 15.9. The summed E-state index contributed by atoms with van der Waals surface area (Å²) in [5.41, 5.74) is 6.74. The summed E-state index contributed by atoms with van der Waals surface area (Å²) < 4.78 is 27.1. The number of hydrogen-bond donors (Lipinski definition) is 1. The summed E-state index contributed by atoms with van der Waals surface area (Å²) in [4.78, 5) is 7.95. The lowest BCUT2D eigenvalue weighted by atomic mass is 9.95. The van der Waals surface area contributed by atoms with Crippen LogP contribution in [0.4, 0.5) is 8.78 Å². The van der Waals surface area contributed by atoms with Gasteiger partial charge in [0, 0.05) is 24.7 Å². The maximum atomic E-state index is 13.2. The molecule has 19 heavy (non-hydrogen) atoms. The molecule has 2 rings (SSSR count). The van der Waals surface area contributed by atoms with Crippen molar-refractivity contribution < 1.29 is 8.78 Å². The molecule has 0 aliphatic heterocycles. The van der Waals surface area contributed by atoms with Crippen molar-refractivity contribution in [2.75, 3.05) is 6.54 Å². The molecule has 0 fully saturated rings. The molecule has 1 heterocycles. The van der Waals surface area contributed by atoms with Gasteiger partial charge in [0.25, 0.3) is 0 Å². The van der Waals surface area contributed by atoms with Gasteiger partial charge in [-0.3, -0.25) is 0 Å². The lowest BCUT2D eigenvalue weighted by Crippen LogP contribution is -2.16. The third kappa shape index (κ3) is 3.68. The molecule has 1 aromatic carbocycles. The van der Waals surface area contributed by atoms with Crippen molar-refractivity contribution in [1.82, 2.24) is 9.97 Å². The zero-order valence-electron chi connectivity index (χ0n) is 9.69. The van der Waals surface area contributed by atoms with Crippen LogP contribution in [0, 0.1) is 11.6 Å². The van der Waals surface area contributed by atoms with Crippen molar-refractivity contribution in [3.05, 3.63) is 58.1 Å². The van der Waals surface area contributed by atoms with Crippen LogP contribution in [0.2, 0.25) is 0 Å². The molecular formula is C12H11BrClF2N3. The largest absolute Gasteiger partial charge is 0.329 e. The van der Waals surface area contributed by atoms with Gasteiger partial charge in [-0.25, -0.2) is 18.7 Å². The molecule has 0 saturated carbocycles. The molecule has 0 unspecified atom stereocenters. The quantitative estimate of drug-likeness (QED) is 0.926. The molecule has 0 saturated heterocycles. The monoisotopic (exact) mass is 349 g/mol. The van der Waals surface area contributed by atoms with E-state index in [1.807, 2.05) is 0 Å². The molecule has 1 atom stereocenters. The van der Waals surface area contributed by atoms with Gasteiger partial charge in [-0.2, -0.15) is 0 Å². The molecule has 0 radical (unpaired) electrons. The van der Waals surface area contributed by atoms with Gasteiger partial charge in [0.05, 0.1) is 10.2 Å². The van der Waals surface area contributed by atoms with Crippen molar-refractivity contribution >= 4 is 28.3 Å². The summed E-state index contributed by atoms with van der Waals surface area (Å²) >= 11 is 3.30. The molecule has 0 spiro atoms. The molecule has 0 aliphatic carbocycles. The summed E-state index contributed by atoms with van der Waals surface area (Å²) in [6, 6.07) is 3.34. The molecule has 0 amide bonds. The number of rotatable bonds is 3. The standard InChI is InChI=1S/C12H10BrF2N3.ClH/c13-11-5-17-6-18-12(11)10(4-16)7-1-8(14)3-9(15)2-7;/h1-3,5-6,10H,4,16H2;1H/t10-;/m1./s1. The van der Waals surface area contributed by atoms with Gasteiger partial charge >= 0.3 is 0 Å². The average molecular weight is 351 g/mol. The van der Waals surface area contributed by atoms with Gasteiger partial charge in [0.2, 0.25) is 0 Å². The van der Waals surface area contributed by atoms with Gasteiger partial charge in [0.1, 0.15) is 18.0 Å². The van der Waals surface area contributed by atoms with E-state index in [4.69, 9.17) is 5.73 Å². The summed E-state index contributed by atoms with van der Waals surface area (Å²) in [6.07, 6.45) is 2.94. The zero-order valence-corrected chi connectivity index (χ0v) is 12.1. The van der Waals surface area contributed by atoms with Crippen LogP contribution in [-0.2, 0) is 0 Å². The highest BCUT2D eigenvalue weighted by Crippen LogP contribution is 2.28. The molecule has 1 aromatic heterocycles. The van der Waals surface area contributed by atoms with Crippen molar-refractivity contribution in [2.45, 2.75) is 5.92 Å². The number of nitrogens with two attached hydrogens (primary N) is 1. The highest BCUT2D eigenvalue weighted by atomic mass is 79.9. The van der Waals surface area contributed by atoms with E-state index < -0.39 is 11.6 Å². The summed E-state index contributed by atoms with van der Waals surface area (Å²) in [6.45, 7) is 0.193. The van der Waals surface area contributed by atoms with Crippen LogP contribution in [0.15, 0.2) is 35.2 Å². The Morgan fingerprint density at radius 2 is 1.84 bits per heavy atom. The predicted octanol–water partition coefficient (Wildman–Crippen LogP) is 3.03. The van der Waals surface area contributed by atoms with E-state index in [9.17, 15) is 8.78 Å². The summed E-state index contributed by atoms with van der Waals surface area (Å²) in [7, 11) is 0. The SMILES string of the molecule is Cl.NC[C@H](c1cc(F)cc(F)c1)c1ncncc1Br. The van der Waals surface area contributed by atoms with Crippen molar-refractivity contribution in [2.24, 2.45) is 5.73 Å². The number of nitrogens with zero attached hydrogens (tertiary/aromatic N) is 2. The van der Waals surface area contributed by atoms with Crippen molar-refractivity contribution in [3.8, 4) is 0 Å². The third-order valence-electron chi connectivity index (χ3n) is 2.55. The highest BCUT2D eigenvalue weighted by molar-refractivity contribution is 9.10. The number of aromatic nitrogens is 2. The van der Waals surface area contributed by atoms with Crippen LogP contribution >= 0.6 is 28.3 Å². The summed E-state index contributed by atoms with van der Waals surface area (Å²) in [5, 5.41) is 0. The maximum Gasteiger partial charge on any atom is 0.126 e. The zero-order chi connectivity index (χ0) is 13.1. The second-order valence-electron chi connectivity index (χ2n) is 3.75. The van der Waals surface area contributed by atoms with Gasteiger partial charge in [-0.15, -0.1) is 12.4 Å². The Morgan fingerprint density at radius 3 is 2.37 bits per heavy atom. The van der Waals surface area contributed by atoms with Gasteiger partial charge < -0.3 is 5.73 Å². The first-order valence-electron chi connectivity index (χ1n) is 5.23. The van der Waals surface area contributed by atoms with Crippen LogP contribution in [0.1, 0.15) is 17.2 Å². The maximum absolute atomic E-state index is 13.2. The fourth-order valence-electron chi connectivity index (χ4n) is 1.76. The minimum Gasteiger partial charge on any atom is -0.329 e. The van der Waals surface area contributed by atoms with Crippen molar-refractivity contribution in [3.63, 3.8) is 0 Å². The fraction of sp³-hybridized carbons (Fsp3) is 0.167. The van der Waals surface area contributed by atoms with E-state index in [2.05, 4.69) is 25.9 Å². The van der Waals surface area contributed by atoms with Crippen LogP contribution in [0.25, 0.3) is 0 Å². The number of benzene rings is 1. The molecule has 3 nitrogen and oxygen atoms in total. The van der Waals surface area contributed by atoms with E-state index in [0.29, 0.717) is 15.7 Å². The minimum absolute atomic E-state index is 0. The Balaban J connectivity index is 0.00000180. The molecule has 0 aliphatic rings. The van der Waals surface area contributed by atoms with Crippen LogP contribution in [-0.4, -0.2) is 16.5 Å². The first-order valence-corrected chi connectivity index (χ1v) is 6.02. The van der Waals surface area contributed by atoms with Crippen LogP contribution < -0.4 is 5.73 Å². The number of halogens is 4. The minimum atomic E-state index is -0.631. The number of hydrogen-bond acceptors (Lipinski definition) is 3. The molecule has 102 valence electrons. The van der Waals surface area contributed by atoms with E-state index >= 15 is 0 Å². The van der Waals surface area contributed by atoms with E-state index in [1.165, 1.54) is 18.5 Å².